The normalized spacial score (nSPS) is 10.6. The van der Waals surface area contributed by atoms with E-state index in [0.29, 0.717) is 10.6 Å². The fourth-order valence-corrected chi connectivity index (χ4v) is 1.64. The fraction of sp³-hybridized carbons (Fsp3) is 0.100. The van der Waals surface area contributed by atoms with Gasteiger partial charge in [0.25, 0.3) is 0 Å². The van der Waals surface area contributed by atoms with Crippen molar-refractivity contribution in [2.24, 2.45) is 0 Å². The molecular weight excluding hydrogens is 186 g/mol. The molecular formula is C10H8ClNO. The number of fused-ring (bicyclic) bond motifs is 1. The van der Waals surface area contributed by atoms with Gasteiger partial charge in [-0.2, -0.15) is 0 Å². The molecule has 1 N–H and O–H groups in total. The fourth-order valence-electron chi connectivity index (χ4n) is 1.34. The Labute approximate surface area is 80.5 Å². The highest BCUT2D eigenvalue weighted by Gasteiger charge is 2.07. The smallest absolute Gasteiger partial charge is 0.161 e. The van der Waals surface area contributed by atoms with Crippen LogP contribution < -0.4 is 0 Å². The van der Waals surface area contributed by atoms with Crippen molar-refractivity contribution in [2.75, 3.05) is 0 Å². The number of carbonyl (C=O) groups excluding carboxylic acids is 1. The molecule has 0 unspecified atom stereocenters. The molecule has 2 rings (SSSR count). The summed E-state index contributed by atoms with van der Waals surface area (Å²) in [6, 6.07) is 5.49. The molecule has 2 nitrogen and oxygen atoms in total. The van der Waals surface area contributed by atoms with Gasteiger partial charge in [0.05, 0.1) is 5.02 Å². The zero-order valence-corrected chi connectivity index (χ0v) is 7.85. The summed E-state index contributed by atoms with van der Waals surface area (Å²) in [5, 5.41) is 1.51. The average molecular weight is 194 g/mol. The number of carbonyl (C=O) groups is 1. The van der Waals surface area contributed by atoms with Crippen LogP contribution in [0.3, 0.4) is 0 Å². The Hall–Kier alpha value is -1.28. The number of aromatic amines is 1. The van der Waals surface area contributed by atoms with Crippen LogP contribution >= 0.6 is 11.6 Å². The lowest BCUT2D eigenvalue weighted by Gasteiger charge is -1.99. The van der Waals surface area contributed by atoms with E-state index in [1.807, 2.05) is 12.3 Å². The zero-order chi connectivity index (χ0) is 9.42. The third kappa shape index (κ3) is 1.33. The van der Waals surface area contributed by atoms with Crippen molar-refractivity contribution in [2.45, 2.75) is 6.92 Å². The van der Waals surface area contributed by atoms with E-state index in [0.717, 1.165) is 10.9 Å². The zero-order valence-electron chi connectivity index (χ0n) is 7.10. The van der Waals surface area contributed by atoms with Crippen molar-refractivity contribution in [3.63, 3.8) is 0 Å². The van der Waals surface area contributed by atoms with Crippen molar-refractivity contribution in [1.29, 1.82) is 0 Å². The van der Waals surface area contributed by atoms with Crippen molar-refractivity contribution in [3.8, 4) is 0 Å². The average Bonchev–Trinajstić information content (AvgIpc) is 2.48. The molecule has 0 atom stereocenters. The summed E-state index contributed by atoms with van der Waals surface area (Å²) < 4.78 is 0. The first-order valence-corrected chi connectivity index (χ1v) is 4.34. The van der Waals surface area contributed by atoms with Crippen LogP contribution in [0.5, 0.6) is 0 Å². The number of hydrogen-bond donors (Lipinski definition) is 1. The number of rotatable bonds is 1. The minimum atomic E-state index is -0.00639. The molecule has 0 fully saturated rings. The summed E-state index contributed by atoms with van der Waals surface area (Å²) in [5.74, 6) is -0.00639. The first-order chi connectivity index (χ1) is 6.18. The molecule has 1 heterocycles. The molecule has 0 amide bonds. The Bertz CT molecular complexity index is 473. The van der Waals surface area contributed by atoms with Gasteiger partial charge in [0.15, 0.2) is 5.78 Å². The van der Waals surface area contributed by atoms with Crippen LogP contribution in [0, 0.1) is 0 Å². The number of hydrogen-bond acceptors (Lipinski definition) is 1. The number of aromatic nitrogens is 1. The second kappa shape index (κ2) is 2.89. The lowest BCUT2D eigenvalue weighted by Crippen LogP contribution is -1.92. The van der Waals surface area contributed by atoms with E-state index < -0.39 is 0 Å². The molecule has 66 valence electrons. The molecule has 0 bridgehead atoms. The highest BCUT2D eigenvalue weighted by atomic mass is 35.5. The van der Waals surface area contributed by atoms with Crippen molar-refractivity contribution < 1.29 is 4.79 Å². The number of nitrogens with one attached hydrogen (secondary N) is 1. The Kier molecular flexibility index (Phi) is 1.85. The number of halogens is 1. The van der Waals surface area contributed by atoms with Gasteiger partial charge in [-0.25, -0.2) is 0 Å². The van der Waals surface area contributed by atoms with Gasteiger partial charge in [0, 0.05) is 22.7 Å². The van der Waals surface area contributed by atoms with E-state index in [4.69, 9.17) is 11.6 Å². The lowest BCUT2D eigenvalue weighted by atomic mass is 10.1. The highest BCUT2D eigenvalue weighted by Crippen LogP contribution is 2.23. The van der Waals surface area contributed by atoms with Crippen LogP contribution in [-0.4, -0.2) is 10.8 Å². The van der Waals surface area contributed by atoms with Gasteiger partial charge in [0.2, 0.25) is 0 Å². The second-order valence-corrected chi connectivity index (χ2v) is 3.36. The molecule has 0 saturated carbocycles. The van der Waals surface area contributed by atoms with Gasteiger partial charge in [-0.15, -0.1) is 0 Å². The maximum absolute atomic E-state index is 11.1. The van der Waals surface area contributed by atoms with Crippen molar-refractivity contribution in [1.82, 2.24) is 4.98 Å². The monoisotopic (exact) mass is 193 g/mol. The predicted octanol–water partition coefficient (Wildman–Crippen LogP) is 3.02. The molecule has 0 aliphatic heterocycles. The third-order valence-electron chi connectivity index (χ3n) is 2.02. The van der Waals surface area contributed by atoms with Crippen LogP contribution in [0.25, 0.3) is 10.9 Å². The number of ketones is 1. The molecule has 0 radical (unpaired) electrons. The highest BCUT2D eigenvalue weighted by molar-refractivity contribution is 6.34. The molecule has 1 aromatic heterocycles. The molecule has 13 heavy (non-hydrogen) atoms. The number of H-pyrrole nitrogens is 1. The topological polar surface area (TPSA) is 32.9 Å². The molecule has 0 aliphatic rings. The van der Waals surface area contributed by atoms with Crippen molar-refractivity contribution >= 4 is 28.3 Å². The summed E-state index contributed by atoms with van der Waals surface area (Å²) in [5.41, 5.74) is 1.53. The Balaban J connectivity index is 2.76. The van der Waals surface area contributed by atoms with E-state index in [2.05, 4.69) is 4.98 Å². The molecule has 0 saturated heterocycles. The lowest BCUT2D eigenvalue weighted by molar-refractivity contribution is 0.101. The van der Waals surface area contributed by atoms with E-state index in [1.54, 1.807) is 12.1 Å². The summed E-state index contributed by atoms with van der Waals surface area (Å²) in [6.07, 6.45) is 1.82. The summed E-state index contributed by atoms with van der Waals surface area (Å²) >= 11 is 5.91. The molecule has 0 spiro atoms. The minimum Gasteiger partial charge on any atom is -0.361 e. The van der Waals surface area contributed by atoms with Crippen LogP contribution in [-0.2, 0) is 0 Å². The Morgan fingerprint density at radius 3 is 2.92 bits per heavy atom. The number of benzene rings is 1. The first kappa shape index (κ1) is 8.32. The van der Waals surface area contributed by atoms with Gasteiger partial charge in [0.1, 0.15) is 0 Å². The Morgan fingerprint density at radius 1 is 1.46 bits per heavy atom. The maximum Gasteiger partial charge on any atom is 0.161 e. The summed E-state index contributed by atoms with van der Waals surface area (Å²) in [7, 11) is 0. The number of Topliss-reactive ketones (excluding diaryl/α,β-unsaturated/α-hetero) is 1. The van der Waals surface area contributed by atoms with E-state index in [9.17, 15) is 4.79 Å². The summed E-state index contributed by atoms with van der Waals surface area (Å²) in [4.78, 5) is 14.2. The van der Waals surface area contributed by atoms with E-state index in [-0.39, 0.29) is 5.78 Å². The van der Waals surface area contributed by atoms with Crippen LogP contribution in [0.4, 0.5) is 0 Å². The van der Waals surface area contributed by atoms with E-state index in [1.165, 1.54) is 6.92 Å². The Morgan fingerprint density at radius 2 is 2.23 bits per heavy atom. The molecule has 1 aromatic carbocycles. The van der Waals surface area contributed by atoms with E-state index >= 15 is 0 Å². The van der Waals surface area contributed by atoms with Gasteiger partial charge in [-0.3, -0.25) is 4.79 Å². The van der Waals surface area contributed by atoms with Crippen LogP contribution in [0.1, 0.15) is 17.3 Å². The van der Waals surface area contributed by atoms with Gasteiger partial charge in [-0.05, 0) is 25.1 Å². The molecule has 0 aliphatic carbocycles. The quantitative estimate of drug-likeness (QED) is 0.694. The summed E-state index contributed by atoms with van der Waals surface area (Å²) in [6.45, 7) is 1.51. The third-order valence-corrected chi connectivity index (χ3v) is 2.33. The predicted molar refractivity (Wildman–Crippen MR) is 53.3 cm³/mol. The minimum absolute atomic E-state index is 0.00639. The second-order valence-electron chi connectivity index (χ2n) is 2.95. The largest absolute Gasteiger partial charge is 0.361 e. The molecule has 3 heteroatoms. The first-order valence-electron chi connectivity index (χ1n) is 3.96. The van der Waals surface area contributed by atoms with Gasteiger partial charge >= 0.3 is 0 Å². The van der Waals surface area contributed by atoms with Crippen LogP contribution in [0.2, 0.25) is 5.02 Å². The van der Waals surface area contributed by atoms with Gasteiger partial charge in [-0.1, -0.05) is 11.6 Å². The molecule has 2 aromatic rings. The van der Waals surface area contributed by atoms with Crippen molar-refractivity contribution in [3.05, 3.63) is 35.0 Å². The standard InChI is InChI=1S/C10H8ClNO/c1-6(13)8-4-7-2-3-12-10(7)5-9(8)11/h2-5,12H,1H3. The van der Waals surface area contributed by atoms with Gasteiger partial charge < -0.3 is 4.98 Å². The van der Waals surface area contributed by atoms with Crippen LogP contribution in [0.15, 0.2) is 24.4 Å². The SMILES string of the molecule is CC(=O)c1cc2cc[nH]c2cc1Cl. The maximum atomic E-state index is 11.1.